The lowest BCUT2D eigenvalue weighted by Gasteiger charge is -2.21. The molecule has 1 saturated carbocycles. The van der Waals surface area contributed by atoms with E-state index in [1.165, 1.54) is 12.8 Å². The Labute approximate surface area is 91.1 Å². The summed E-state index contributed by atoms with van der Waals surface area (Å²) < 4.78 is 10.7. The summed E-state index contributed by atoms with van der Waals surface area (Å²) in [7, 11) is 0. The minimum Gasteiger partial charge on any atom is -0.459 e. The molecule has 15 heavy (non-hydrogen) atoms. The topological polar surface area (TPSA) is 61.6 Å². The Morgan fingerprint density at radius 2 is 1.93 bits per heavy atom. The summed E-state index contributed by atoms with van der Waals surface area (Å²) in [5, 5.41) is 0. The van der Waals surface area contributed by atoms with Crippen molar-refractivity contribution >= 4 is 5.97 Å². The number of nitrogens with two attached hydrogens (primary N) is 1. The minimum atomic E-state index is -0.567. The van der Waals surface area contributed by atoms with Crippen LogP contribution in [0, 0.1) is 5.92 Å². The summed E-state index contributed by atoms with van der Waals surface area (Å²) in [6, 6.07) is -0.567. The molecule has 1 aliphatic rings. The molecular formula is C11H21NO3. The molecule has 0 aromatic rings. The molecule has 0 aromatic heterocycles. The molecule has 0 bridgehead atoms. The van der Waals surface area contributed by atoms with E-state index in [2.05, 4.69) is 0 Å². The van der Waals surface area contributed by atoms with Crippen LogP contribution in [-0.2, 0) is 14.3 Å². The van der Waals surface area contributed by atoms with Crippen LogP contribution in [-0.4, -0.2) is 30.8 Å². The molecule has 0 radical (unpaired) electrons. The number of hydrogen-bond acceptors (Lipinski definition) is 4. The van der Waals surface area contributed by atoms with Gasteiger partial charge in [-0.05, 0) is 39.5 Å². The van der Waals surface area contributed by atoms with Crippen LogP contribution >= 0.6 is 0 Å². The van der Waals surface area contributed by atoms with Gasteiger partial charge in [0.15, 0.2) is 0 Å². The zero-order chi connectivity index (χ0) is 11.4. The van der Waals surface area contributed by atoms with Gasteiger partial charge in [-0.2, -0.15) is 0 Å². The monoisotopic (exact) mass is 215 g/mol. The van der Waals surface area contributed by atoms with Crippen LogP contribution in [0.1, 0.15) is 33.6 Å². The molecule has 0 aliphatic heterocycles. The van der Waals surface area contributed by atoms with Gasteiger partial charge < -0.3 is 15.2 Å². The summed E-state index contributed by atoms with van der Waals surface area (Å²) in [5.41, 5.74) is 5.40. The van der Waals surface area contributed by atoms with Crippen molar-refractivity contribution in [3.05, 3.63) is 0 Å². The molecule has 88 valence electrons. The van der Waals surface area contributed by atoms with Crippen molar-refractivity contribution in [3.8, 4) is 0 Å². The largest absolute Gasteiger partial charge is 0.459 e. The maximum absolute atomic E-state index is 11.2. The maximum atomic E-state index is 11.2. The normalized spacial score (nSPS) is 21.9. The van der Waals surface area contributed by atoms with E-state index >= 15 is 0 Å². The number of rotatable bonds is 6. The summed E-state index contributed by atoms with van der Waals surface area (Å²) in [6.45, 7) is 6.14. The summed E-state index contributed by atoms with van der Waals surface area (Å²) in [6.07, 6.45) is 2.23. The lowest BCUT2D eigenvalue weighted by Crippen LogP contribution is -2.36. The molecule has 1 fully saturated rings. The lowest BCUT2D eigenvalue weighted by atomic mass is 10.2. The van der Waals surface area contributed by atoms with Gasteiger partial charge in [0, 0.05) is 6.61 Å². The fourth-order valence-electron chi connectivity index (χ4n) is 1.09. The first kappa shape index (κ1) is 12.5. The highest BCUT2D eigenvalue weighted by molar-refractivity contribution is 5.75. The third kappa shape index (κ3) is 4.62. The van der Waals surface area contributed by atoms with Crippen LogP contribution in [0.25, 0.3) is 0 Å². The summed E-state index contributed by atoms with van der Waals surface area (Å²) in [5.74, 6) is 0.355. The zero-order valence-corrected chi connectivity index (χ0v) is 9.73. The fraction of sp³-hybridized carbons (Fsp3) is 0.909. The summed E-state index contributed by atoms with van der Waals surface area (Å²) in [4.78, 5) is 11.2. The molecule has 0 aromatic carbocycles. The second-order valence-electron chi connectivity index (χ2n) is 4.41. The van der Waals surface area contributed by atoms with Gasteiger partial charge >= 0.3 is 5.97 Å². The Balaban J connectivity index is 2.18. The first-order valence-corrected chi connectivity index (χ1v) is 5.58. The fourth-order valence-corrected chi connectivity index (χ4v) is 1.09. The number of esters is 1. The molecule has 0 amide bonds. The Kier molecular flexibility index (Phi) is 4.54. The smallest absolute Gasteiger partial charge is 0.322 e. The van der Waals surface area contributed by atoms with Gasteiger partial charge in [-0.25, -0.2) is 0 Å². The summed E-state index contributed by atoms with van der Waals surface area (Å²) >= 11 is 0. The average Bonchev–Trinajstić information content (AvgIpc) is 2.97. The molecule has 1 aliphatic carbocycles. The molecule has 4 nitrogen and oxygen atoms in total. The number of carbonyl (C=O) groups excluding carboxylic acids is 1. The standard InChI is InChI=1S/C11H21NO3/c1-7(12)11(13)15-9(3)8(2)14-6-10-4-5-10/h7-10H,4-6,12H2,1-3H3/t7-,8+,9-/m0/s1. The highest BCUT2D eigenvalue weighted by Crippen LogP contribution is 2.29. The van der Waals surface area contributed by atoms with Crippen molar-refractivity contribution in [3.63, 3.8) is 0 Å². The zero-order valence-electron chi connectivity index (χ0n) is 9.73. The van der Waals surface area contributed by atoms with E-state index in [-0.39, 0.29) is 18.2 Å². The quantitative estimate of drug-likeness (QED) is 0.673. The molecular weight excluding hydrogens is 194 g/mol. The maximum Gasteiger partial charge on any atom is 0.322 e. The SMILES string of the molecule is C[C@H](N)C(=O)O[C@@H](C)[C@@H](C)OCC1CC1. The van der Waals surface area contributed by atoms with E-state index in [9.17, 15) is 4.79 Å². The predicted molar refractivity (Wildman–Crippen MR) is 57.3 cm³/mol. The van der Waals surface area contributed by atoms with E-state index in [0.717, 1.165) is 12.5 Å². The number of ether oxygens (including phenoxy) is 2. The molecule has 3 atom stereocenters. The molecule has 4 heteroatoms. The molecule has 0 spiro atoms. The first-order valence-electron chi connectivity index (χ1n) is 5.58. The third-order valence-electron chi connectivity index (χ3n) is 2.63. The second-order valence-corrected chi connectivity index (χ2v) is 4.41. The average molecular weight is 215 g/mol. The Morgan fingerprint density at radius 3 is 2.40 bits per heavy atom. The van der Waals surface area contributed by atoms with Crippen molar-refractivity contribution in [1.29, 1.82) is 0 Å². The third-order valence-corrected chi connectivity index (χ3v) is 2.63. The highest BCUT2D eigenvalue weighted by atomic mass is 16.6. The molecule has 0 unspecified atom stereocenters. The van der Waals surface area contributed by atoms with Crippen LogP contribution in [0.4, 0.5) is 0 Å². The van der Waals surface area contributed by atoms with E-state index < -0.39 is 6.04 Å². The van der Waals surface area contributed by atoms with E-state index in [0.29, 0.717) is 0 Å². The van der Waals surface area contributed by atoms with Gasteiger partial charge in [-0.1, -0.05) is 0 Å². The van der Waals surface area contributed by atoms with Crippen molar-refractivity contribution in [2.24, 2.45) is 11.7 Å². The van der Waals surface area contributed by atoms with Gasteiger partial charge in [0.2, 0.25) is 0 Å². The lowest BCUT2D eigenvalue weighted by molar-refractivity contribution is -0.156. The van der Waals surface area contributed by atoms with Crippen LogP contribution in [0.2, 0.25) is 0 Å². The van der Waals surface area contributed by atoms with Gasteiger partial charge in [-0.15, -0.1) is 0 Å². The van der Waals surface area contributed by atoms with Gasteiger partial charge in [0.25, 0.3) is 0 Å². The Hall–Kier alpha value is -0.610. The minimum absolute atomic E-state index is 0.0618. The predicted octanol–water partition coefficient (Wildman–Crippen LogP) is 1.08. The van der Waals surface area contributed by atoms with Crippen LogP contribution in [0.5, 0.6) is 0 Å². The van der Waals surface area contributed by atoms with Crippen LogP contribution in [0.15, 0.2) is 0 Å². The van der Waals surface area contributed by atoms with Crippen molar-refractivity contribution in [1.82, 2.24) is 0 Å². The first-order chi connectivity index (χ1) is 7.00. The number of carbonyl (C=O) groups is 1. The Bertz CT molecular complexity index is 214. The van der Waals surface area contributed by atoms with Gasteiger partial charge in [-0.3, -0.25) is 4.79 Å². The molecule has 2 N–H and O–H groups in total. The van der Waals surface area contributed by atoms with E-state index in [4.69, 9.17) is 15.2 Å². The highest BCUT2D eigenvalue weighted by Gasteiger charge is 2.25. The van der Waals surface area contributed by atoms with Crippen molar-refractivity contribution in [2.75, 3.05) is 6.61 Å². The van der Waals surface area contributed by atoms with Crippen LogP contribution < -0.4 is 5.73 Å². The molecule has 0 saturated heterocycles. The van der Waals surface area contributed by atoms with Crippen molar-refractivity contribution < 1.29 is 14.3 Å². The molecule has 0 heterocycles. The van der Waals surface area contributed by atoms with Gasteiger partial charge in [0.05, 0.1) is 6.10 Å². The van der Waals surface area contributed by atoms with E-state index in [1.807, 2.05) is 13.8 Å². The van der Waals surface area contributed by atoms with Crippen molar-refractivity contribution in [2.45, 2.75) is 51.9 Å². The van der Waals surface area contributed by atoms with Crippen LogP contribution in [0.3, 0.4) is 0 Å². The van der Waals surface area contributed by atoms with E-state index in [1.54, 1.807) is 6.92 Å². The second kappa shape index (κ2) is 5.47. The van der Waals surface area contributed by atoms with Gasteiger partial charge in [0.1, 0.15) is 12.1 Å². The Morgan fingerprint density at radius 1 is 1.33 bits per heavy atom. The molecule has 1 rings (SSSR count). The number of hydrogen-bond donors (Lipinski definition) is 1.